The molecule has 1 saturated carbocycles. The third-order valence-electron chi connectivity index (χ3n) is 8.64. The summed E-state index contributed by atoms with van der Waals surface area (Å²) in [6.45, 7) is 5.58. The summed E-state index contributed by atoms with van der Waals surface area (Å²) in [5.74, 6) is 1.56. The Balaban J connectivity index is 1.27. The Hall–Kier alpha value is -3.68. The van der Waals surface area contributed by atoms with Gasteiger partial charge in [0.05, 0.1) is 22.5 Å². The number of aromatic nitrogens is 4. The summed E-state index contributed by atoms with van der Waals surface area (Å²) in [5.41, 5.74) is -1.68. The Kier molecular flexibility index (Phi) is 7.59. The third-order valence-corrected chi connectivity index (χ3v) is 9.68. The summed E-state index contributed by atoms with van der Waals surface area (Å²) < 4.78 is 62.4. The molecule has 4 aliphatic rings. The van der Waals surface area contributed by atoms with Crippen LogP contribution in [0.4, 0.5) is 24.8 Å². The van der Waals surface area contributed by atoms with Crippen LogP contribution < -0.4 is 19.7 Å². The summed E-state index contributed by atoms with van der Waals surface area (Å²) in [5, 5.41) is 7.68. The van der Waals surface area contributed by atoms with Crippen LogP contribution in [0.3, 0.4) is 0 Å². The highest BCUT2D eigenvalue weighted by Crippen LogP contribution is 2.59. The highest BCUT2D eigenvalue weighted by molar-refractivity contribution is 7.83. The van der Waals surface area contributed by atoms with Crippen LogP contribution in [0.25, 0.3) is 5.82 Å². The van der Waals surface area contributed by atoms with Gasteiger partial charge >= 0.3 is 6.18 Å². The fourth-order valence-corrected chi connectivity index (χ4v) is 6.73. The van der Waals surface area contributed by atoms with Gasteiger partial charge in [-0.25, -0.2) is 18.9 Å². The zero-order valence-corrected chi connectivity index (χ0v) is 24.8. The number of anilines is 2. The monoisotopic (exact) mass is 617 g/mol. The zero-order chi connectivity index (χ0) is 30.4. The Morgan fingerprint density at radius 1 is 1.16 bits per heavy atom. The number of carbonyl (C=O) groups excluding carboxylic acids is 1. The van der Waals surface area contributed by atoms with Gasteiger partial charge in [0, 0.05) is 37.1 Å². The van der Waals surface area contributed by atoms with Crippen molar-refractivity contribution in [3.63, 3.8) is 0 Å². The fraction of sp³-hybridized carbons (Fsp3) is 0.517. The van der Waals surface area contributed by atoms with Crippen molar-refractivity contribution in [2.75, 3.05) is 29.9 Å². The van der Waals surface area contributed by atoms with Gasteiger partial charge in [0.25, 0.3) is 5.91 Å². The van der Waals surface area contributed by atoms with Crippen molar-refractivity contribution in [1.29, 1.82) is 0 Å². The van der Waals surface area contributed by atoms with Crippen molar-refractivity contribution in [2.24, 2.45) is 11.3 Å². The molecule has 1 amide bonds. The van der Waals surface area contributed by atoms with Gasteiger partial charge in [-0.15, -0.1) is 5.10 Å². The van der Waals surface area contributed by atoms with E-state index >= 15 is 0 Å². The number of hydrogen-bond donors (Lipinski definition) is 2. The van der Waals surface area contributed by atoms with Crippen molar-refractivity contribution in [2.45, 2.75) is 69.0 Å². The number of alkyl halides is 3. The molecule has 14 heteroatoms. The molecule has 0 spiro atoms. The average molecular weight is 618 g/mol. The molecule has 6 heterocycles. The lowest BCUT2D eigenvalue weighted by atomic mass is 9.93. The summed E-state index contributed by atoms with van der Waals surface area (Å²) >= 11 is 0. The molecular weight excluding hydrogens is 583 g/mol. The topological polar surface area (TPSA) is 114 Å². The quantitative estimate of drug-likeness (QED) is 0.410. The first-order valence-electron chi connectivity index (χ1n) is 14.4. The number of carbonyl (C=O) groups is 1. The molecule has 1 aliphatic carbocycles. The van der Waals surface area contributed by atoms with E-state index in [1.165, 1.54) is 10.9 Å². The van der Waals surface area contributed by atoms with E-state index in [9.17, 15) is 22.2 Å². The van der Waals surface area contributed by atoms with Crippen molar-refractivity contribution >= 4 is 28.5 Å². The number of rotatable bonds is 5. The minimum Gasteiger partial charge on any atom is -0.477 e. The first-order chi connectivity index (χ1) is 20.4. The number of pyridine rings is 2. The second-order valence-electron chi connectivity index (χ2n) is 12.2. The van der Waals surface area contributed by atoms with E-state index in [4.69, 9.17) is 9.72 Å². The van der Waals surface area contributed by atoms with Crippen LogP contribution in [0.2, 0.25) is 0 Å². The Morgan fingerprint density at radius 3 is 2.70 bits per heavy atom. The standard InChI is InChI=1S/C29H34F3N7O3S/c1-27(2)16-19-4-3-13-33-22-7-5-20(17-34-22)43(41)37-26(40)21-6-8-23(35-25(21)38(27)18-19)39-14-9-24(36-39)42-15-12-28(10-11-28)29(30,31)32/h5-9,14,17,19H,3-4,10-13,15-16,18H2,1-2H3,(H,33,34)(H,37,40). The summed E-state index contributed by atoms with van der Waals surface area (Å²) in [4.78, 5) is 25.2. The predicted molar refractivity (Wildman–Crippen MR) is 155 cm³/mol. The predicted octanol–water partition coefficient (Wildman–Crippen LogP) is 5.04. The molecule has 43 heavy (non-hydrogen) atoms. The van der Waals surface area contributed by atoms with Crippen molar-refractivity contribution in [3.05, 3.63) is 48.3 Å². The smallest absolute Gasteiger partial charge is 0.394 e. The maximum Gasteiger partial charge on any atom is 0.394 e. The van der Waals surface area contributed by atoms with Crippen molar-refractivity contribution < 1.29 is 26.9 Å². The molecule has 10 nitrogen and oxygen atoms in total. The second kappa shape index (κ2) is 11.1. The second-order valence-corrected chi connectivity index (χ2v) is 13.4. The van der Waals surface area contributed by atoms with Crippen LogP contribution in [-0.2, 0) is 11.0 Å². The number of nitrogens with zero attached hydrogens (tertiary/aromatic N) is 5. The van der Waals surface area contributed by atoms with Crippen LogP contribution in [0.5, 0.6) is 5.88 Å². The number of amides is 1. The van der Waals surface area contributed by atoms with E-state index in [0.717, 1.165) is 25.8 Å². The van der Waals surface area contributed by atoms with Crippen molar-refractivity contribution in [1.82, 2.24) is 24.5 Å². The van der Waals surface area contributed by atoms with Gasteiger partial charge in [-0.3, -0.25) is 9.52 Å². The Morgan fingerprint density at radius 2 is 1.98 bits per heavy atom. The lowest BCUT2D eigenvalue weighted by molar-refractivity contribution is -0.190. The molecule has 2 fully saturated rings. The molecule has 230 valence electrons. The first-order valence-corrected chi connectivity index (χ1v) is 15.6. The van der Waals surface area contributed by atoms with E-state index < -0.39 is 28.5 Å². The van der Waals surface area contributed by atoms with Gasteiger partial charge in [0.1, 0.15) is 11.6 Å². The Labute approximate surface area is 250 Å². The van der Waals surface area contributed by atoms with Crippen LogP contribution in [0, 0.1) is 11.3 Å². The maximum absolute atomic E-state index is 13.5. The molecule has 2 N–H and O–H groups in total. The molecule has 4 bridgehead atoms. The SMILES string of the molecule is CC1(C)CC2CCCNc3ccc(cn3)S(=O)NC(=O)c3ccc(-n4ccc(OCCC5(C(F)(F)F)CC5)n4)nc3N1C2. The number of ether oxygens (including phenoxy) is 1. The molecule has 2 unspecified atom stereocenters. The first kappa shape index (κ1) is 29.4. The lowest BCUT2D eigenvalue weighted by Gasteiger charge is -2.34. The molecule has 7 rings (SSSR count). The van der Waals surface area contributed by atoms with E-state index in [0.29, 0.717) is 34.8 Å². The molecule has 3 aliphatic heterocycles. The molecule has 1 saturated heterocycles. The van der Waals surface area contributed by atoms with E-state index in [1.807, 2.05) is 0 Å². The van der Waals surface area contributed by atoms with Gasteiger partial charge < -0.3 is 15.0 Å². The summed E-state index contributed by atoms with van der Waals surface area (Å²) in [6, 6.07) is 8.24. The molecule has 3 aromatic heterocycles. The molecule has 3 aromatic rings. The minimum atomic E-state index is -4.23. The van der Waals surface area contributed by atoms with Gasteiger partial charge in [-0.05, 0) is 82.6 Å². The van der Waals surface area contributed by atoms with Gasteiger partial charge in [0.15, 0.2) is 16.8 Å². The highest BCUT2D eigenvalue weighted by atomic mass is 32.2. The van der Waals surface area contributed by atoms with Crippen LogP contribution in [-0.4, -0.2) is 61.3 Å². The lowest BCUT2D eigenvalue weighted by Crippen LogP contribution is -2.40. The fourth-order valence-electron chi connectivity index (χ4n) is 5.99. The average Bonchev–Trinajstić information content (AvgIpc) is 3.51. The van der Waals surface area contributed by atoms with Gasteiger partial charge in [0.2, 0.25) is 5.88 Å². The molecule has 0 radical (unpaired) electrons. The third kappa shape index (κ3) is 6.06. The van der Waals surface area contributed by atoms with Gasteiger partial charge in [-0.2, -0.15) is 13.2 Å². The van der Waals surface area contributed by atoms with Gasteiger partial charge in [-0.1, -0.05) is 0 Å². The number of fused-ring (bicyclic) bond motifs is 7. The van der Waals surface area contributed by atoms with E-state index in [2.05, 4.69) is 38.9 Å². The van der Waals surface area contributed by atoms with Crippen LogP contribution in [0.15, 0.2) is 47.6 Å². The summed E-state index contributed by atoms with van der Waals surface area (Å²) in [6.07, 6.45) is 1.82. The van der Waals surface area contributed by atoms with E-state index in [1.54, 1.807) is 36.5 Å². The highest BCUT2D eigenvalue weighted by Gasteiger charge is 2.62. The largest absolute Gasteiger partial charge is 0.477 e. The number of hydrogen-bond acceptors (Lipinski definition) is 8. The number of nitrogens with one attached hydrogen (secondary N) is 2. The van der Waals surface area contributed by atoms with Crippen LogP contribution in [0.1, 0.15) is 62.7 Å². The molecule has 2 atom stereocenters. The minimum absolute atomic E-state index is 0.0947. The molecular formula is C29H34F3N7O3S. The Bertz CT molecular complexity index is 1520. The number of halogens is 3. The van der Waals surface area contributed by atoms with Crippen LogP contribution >= 0.6 is 0 Å². The van der Waals surface area contributed by atoms with E-state index in [-0.39, 0.29) is 42.9 Å². The molecule has 0 aromatic carbocycles. The van der Waals surface area contributed by atoms with Crippen molar-refractivity contribution in [3.8, 4) is 11.7 Å². The normalized spacial score (nSPS) is 22.9. The maximum atomic E-state index is 13.5. The summed E-state index contributed by atoms with van der Waals surface area (Å²) in [7, 11) is -1.84. The zero-order valence-electron chi connectivity index (χ0n) is 24.0.